The van der Waals surface area contributed by atoms with E-state index < -0.39 is 16.0 Å². The van der Waals surface area contributed by atoms with E-state index in [-0.39, 0.29) is 17.0 Å². The van der Waals surface area contributed by atoms with Gasteiger partial charge in [-0.15, -0.1) is 0 Å². The van der Waals surface area contributed by atoms with Gasteiger partial charge in [-0.05, 0) is 42.3 Å². The first kappa shape index (κ1) is 18.0. The van der Waals surface area contributed by atoms with Crippen LogP contribution >= 0.6 is 0 Å². The predicted molar refractivity (Wildman–Crippen MR) is 89.5 cm³/mol. The van der Waals surface area contributed by atoms with Crippen molar-refractivity contribution in [2.75, 3.05) is 14.2 Å². The van der Waals surface area contributed by atoms with Gasteiger partial charge < -0.3 is 9.47 Å². The number of aryl methyl sites for hydroxylation is 1. The molecule has 1 N–H and O–H groups in total. The van der Waals surface area contributed by atoms with Crippen molar-refractivity contribution in [2.45, 2.75) is 18.4 Å². The lowest BCUT2D eigenvalue weighted by Crippen LogP contribution is -2.24. The zero-order valence-corrected chi connectivity index (χ0v) is 14.5. The highest BCUT2D eigenvalue weighted by molar-refractivity contribution is 7.89. The molecule has 0 radical (unpaired) electrons. The molecule has 0 bridgehead atoms. The Hall–Kier alpha value is -2.38. The van der Waals surface area contributed by atoms with E-state index in [2.05, 4.69) is 9.46 Å². The quantitative estimate of drug-likeness (QED) is 0.809. The molecular formula is C17H19NO5S. The third-order valence-electron chi connectivity index (χ3n) is 3.52. The fourth-order valence-electron chi connectivity index (χ4n) is 2.13. The fraction of sp³-hybridized carbons (Fsp3) is 0.235. The number of esters is 1. The molecule has 0 heterocycles. The number of ether oxygens (including phenoxy) is 2. The van der Waals surface area contributed by atoms with Crippen LogP contribution < -0.4 is 9.46 Å². The Bertz CT molecular complexity index is 829. The molecule has 0 saturated heterocycles. The molecule has 0 amide bonds. The largest absolute Gasteiger partial charge is 0.497 e. The number of hydrogen-bond donors (Lipinski definition) is 1. The third-order valence-corrected chi connectivity index (χ3v) is 5.07. The first-order chi connectivity index (χ1) is 11.4. The Morgan fingerprint density at radius 3 is 2.33 bits per heavy atom. The van der Waals surface area contributed by atoms with Crippen LogP contribution in [0.15, 0.2) is 47.4 Å². The Labute approximate surface area is 141 Å². The molecule has 0 aliphatic carbocycles. The average Bonchev–Trinajstić information content (AvgIpc) is 2.60. The van der Waals surface area contributed by atoms with Crippen LogP contribution in [0.4, 0.5) is 0 Å². The van der Waals surface area contributed by atoms with Crippen LogP contribution in [0.25, 0.3) is 0 Å². The summed E-state index contributed by atoms with van der Waals surface area (Å²) < 4.78 is 37.3. The average molecular weight is 349 g/mol. The second-order valence-electron chi connectivity index (χ2n) is 5.14. The lowest BCUT2D eigenvalue weighted by Gasteiger charge is -2.11. The van der Waals surface area contributed by atoms with Gasteiger partial charge in [-0.25, -0.2) is 17.9 Å². The second kappa shape index (κ2) is 7.46. The van der Waals surface area contributed by atoms with Crippen molar-refractivity contribution in [2.24, 2.45) is 0 Å². The summed E-state index contributed by atoms with van der Waals surface area (Å²) in [7, 11) is -0.946. The molecule has 6 nitrogen and oxygen atoms in total. The highest BCUT2D eigenvalue weighted by Gasteiger charge is 2.19. The topological polar surface area (TPSA) is 81.7 Å². The van der Waals surface area contributed by atoms with Gasteiger partial charge >= 0.3 is 5.97 Å². The molecule has 0 aliphatic rings. The van der Waals surface area contributed by atoms with E-state index in [0.29, 0.717) is 11.3 Å². The maximum absolute atomic E-state index is 12.5. The van der Waals surface area contributed by atoms with Crippen LogP contribution in [0.5, 0.6) is 5.75 Å². The summed E-state index contributed by atoms with van der Waals surface area (Å²) in [5, 5.41) is 0. The van der Waals surface area contributed by atoms with Crippen molar-refractivity contribution in [3.63, 3.8) is 0 Å². The monoisotopic (exact) mass is 349 g/mol. The normalized spacial score (nSPS) is 11.1. The van der Waals surface area contributed by atoms with Crippen molar-refractivity contribution < 1.29 is 22.7 Å². The molecule has 7 heteroatoms. The number of carbonyl (C=O) groups is 1. The molecule has 2 aromatic carbocycles. The standard InChI is InChI=1S/C17H19NO5S/c1-12-4-7-14(17(19)23-3)10-16(12)24(20,21)18-11-13-5-8-15(22-2)9-6-13/h4-10,18H,11H2,1-3H3. The molecule has 0 spiro atoms. The SMILES string of the molecule is COC(=O)c1ccc(C)c(S(=O)(=O)NCc2ccc(OC)cc2)c1. The van der Waals surface area contributed by atoms with Crippen molar-refractivity contribution >= 4 is 16.0 Å². The van der Waals surface area contributed by atoms with Crippen LogP contribution in [0.2, 0.25) is 0 Å². The summed E-state index contributed by atoms with van der Waals surface area (Å²) in [6.07, 6.45) is 0. The lowest BCUT2D eigenvalue weighted by molar-refractivity contribution is 0.0600. The van der Waals surface area contributed by atoms with Gasteiger partial charge in [0.25, 0.3) is 0 Å². The van der Waals surface area contributed by atoms with Gasteiger partial charge in [-0.3, -0.25) is 0 Å². The Morgan fingerprint density at radius 1 is 1.08 bits per heavy atom. The third kappa shape index (κ3) is 4.12. The van der Waals surface area contributed by atoms with Crippen LogP contribution in [-0.2, 0) is 21.3 Å². The Kier molecular flexibility index (Phi) is 5.58. The molecule has 0 saturated carbocycles. The van der Waals surface area contributed by atoms with Crippen LogP contribution in [-0.4, -0.2) is 28.6 Å². The number of carbonyl (C=O) groups excluding carboxylic acids is 1. The van der Waals surface area contributed by atoms with E-state index in [1.54, 1.807) is 44.4 Å². The zero-order valence-electron chi connectivity index (χ0n) is 13.7. The zero-order chi connectivity index (χ0) is 17.7. The number of benzene rings is 2. The van der Waals surface area contributed by atoms with Crippen molar-refractivity contribution in [3.05, 3.63) is 59.2 Å². The summed E-state index contributed by atoms with van der Waals surface area (Å²) in [5.41, 5.74) is 1.53. The first-order valence-electron chi connectivity index (χ1n) is 7.19. The van der Waals surface area contributed by atoms with E-state index in [4.69, 9.17) is 4.74 Å². The van der Waals surface area contributed by atoms with Crippen LogP contribution in [0.1, 0.15) is 21.5 Å². The minimum atomic E-state index is -3.76. The van der Waals surface area contributed by atoms with Crippen molar-refractivity contribution in [1.82, 2.24) is 4.72 Å². The molecule has 0 aromatic heterocycles. The molecule has 128 valence electrons. The fourth-order valence-corrected chi connectivity index (χ4v) is 3.42. The summed E-state index contributed by atoms with van der Waals surface area (Å²) >= 11 is 0. The molecule has 24 heavy (non-hydrogen) atoms. The molecule has 0 aliphatic heterocycles. The maximum Gasteiger partial charge on any atom is 0.337 e. The predicted octanol–water partition coefficient (Wildman–Crippen LogP) is 2.27. The van der Waals surface area contributed by atoms with Gasteiger partial charge in [0, 0.05) is 6.54 Å². The van der Waals surface area contributed by atoms with E-state index in [0.717, 1.165) is 5.56 Å². The van der Waals surface area contributed by atoms with Gasteiger partial charge in [-0.2, -0.15) is 0 Å². The first-order valence-corrected chi connectivity index (χ1v) is 8.67. The smallest absolute Gasteiger partial charge is 0.337 e. The summed E-state index contributed by atoms with van der Waals surface area (Å²) in [6.45, 7) is 1.80. The lowest BCUT2D eigenvalue weighted by atomic mass is 10.1. The van der Waals surface area contributed by atoms with E-state index >= 15 is 0 Å². The van der Waals surface area contributed by atoms with Crippen molar-refractivity contribution in [1.29, 1.82) is 0 Å². The highest BCUT2D eigenvalue weighted by Crippen LogP contribution is 2.18. The second-order valence-corrected chi connectivity index (χ2v) is 6.88. The molecule has 0 fully saturated rings. The summed E-state index contributed by atoms with van der Waals surface area (Å²) in [6, 6.07) is 11.5. The number of rotatable bonds is 6. The van der Waals surface area contributed by atoms with Gasteiger partial charge in [0.05, 0.1) is 24.7 Å². The number of sulfonamides is 1. The molecule has 0 unspecified atom stereocenters. The minimum absolute atomic E-state index is 0.0545. The molecule has 2 rings (SSSR count). The van der Waals surface area contributed by atoms with Gasteiger partial charge in [0.15, 0.2) is 0 Å². The molecule has 2 aromatic rings. The van der Waals surface area contributed by atoms with Crippen LogP contribution in [0.3, 0.4) is 0 Å². The highest BCUT2D eigenvalue weighted by atomic mass is 32.2. The maximum atomic E-state index is 12.5. The Balaban J connectivity index is 2.21. The summed E-state index contributed by atoms with van der Waals surface area (Å²) in [5.74, 6) is 0.116. The van der Waals surface area contributed by atoms with Crippen molar-refractivity contribution in [3.8, 4) is 5.75 Å². The van der Waals surface area contributed by atoms with Gasteiger partial charge in [0.2, 0.25) is 10.0 Å². The minimum Gasteiger partial charge on any atom is -0.497 e. The van der Waals surface area contributed by atoms with Gasteiger partial charge in [0.1, 0.15) is 5.75 Å². The van der Waals surface area contributed by atoms with Crippen LogP contribution in [0, 0.1) is 6.92 Å². The number of hydrogen-bond acceptors (Lipinski definition) is 5. The summed E-state index contributed by atoms with van der Waals surface area (Å²) in [4.78, 5) is 11.6. The van der Waals surface area contributed by atoms with E-state index in [1.807, 2.05) is 0 Å². The molecule has 0 atom stereocenters. The molecular weight excluding hydrogens is 330 g/mol. The van der Waals surface area contributed by atoms with E-state index in [1.165, 1.54) is 19.2 Å². The van der Waals surface area contributed by atoms with E-state index in [9.17, 15) is 13.2 Å². The number of nitrogens with one attached hydrogen (secondary N) is 1. The van der Waals surface area contributed by atoms with Gasteiger partial charge in [-0.1, -0.05) is 18.2 Å². The number of methoxy groups -OCH3 is 2. The Morgan fingerprint density at radius 2 is 1.75 bits per heavy atom.